The Morgan fingerprint density at radius 1 is 1.03 bits per heavy atom. The molecule has 0 radical (unpaired) electrons. The first kappa shape index (κ1) is 29.3. The minimum absolute atomic E-state index is 0.0539. The molecule has 39 heavy (non-hydrogen) atoms. The summed E-state index contributed by atoms with van der Waals surface area (Å²) in [6.07, 6.45) is -6.05. The van der Waals surface area contributed by atoms with Crippen molar-refractivity contribution in [1.29, 1.82) is 0 Å². The highest BCUT2D eigenvalue weighted by Gasteiger charge is 2.47. The molecule has 216 valence electrons. The van der Waals surface area contributed by atoms with E-state index in [1.165, 1.54) is 15.2 Å². The lowest BCUT2D eigenvalue weighted by molar-refractivity contribution is -0.143. The van der Waals surface area contributed by atoms with Gasteiger partial charge in [-0.15, -0.1) is 5.10 Å². The van der Waals surface area contributed by atoms with Crippen LogP contribution >= 0.6 is 0 Å². The van der Waals surface area contributed by atoms with E-state index >= 15 is 0 Å². The molecule has 2 fully saturated rings. The van der Waals surface area contributed by atoms with Crippen LogP contribution in [0.5, 0.6) is 0 Å². The summed E-state index contributed by atoms with van der Waals surface area (Å²) in [7, 11) is -2.31. The summed E-state index contributed by atoms with van der Waals surface area (Å²) in [5.74, 6) is -1.13. The fourth-order valence-corrected chi connectivity index (χ4v) is 6.86. The number of amides is 1. The molecule has 1 amide bonds. The van der Waals surface area contributed by atoms with E-state index in [9.17, 15) is 39.6 Å². The number of alkyl halides is 6. The molecule has 2 heterocycles. The van der Waals surface area contributed by atoms with Crippen molar-refractivity contribution in [2.75, 3.05) is 26.2 Å². The van der Waals surface area contributed by atoms with Crippen molar-refractivity contribution in [3.8, 4) is 0 Å². The first-order valence-corrected chi connectivity index (χ1v) is 13.7. The second-order valence-corrected chi connectivity index (χ2v) is 11.8. The van der Waals surface area contributed by atoms with E-state index in [-0.39, 0.29) is 24.2 Å². The van der Waals surface area contributed by atoms with Gasteiger partial charge >= 0.3 is 12.4 Å². The van der Waals surface area contributed by atoms with Gasteiger partial charge in [0.1, 0.15) is 0 Å². The summed E-state index contributed by atoms with van der Waals surface area (Å²) in [6, 6.07) is 0.281. The zero-order chi connectivity index (χ0) is 28.8. The molecule has 1 aliphatic heterocycles. The Morgan fingerprint density at radius 2 is 1.64 bits per heavy atom. The quantitative estimate of drug-likeness (QED) is 0.525. The van der Waals surface area contributed by atoms with Gasteiger partial charge in [0.05, 0.1) is 22.9 Å². The molecule has 1 aromatic heterocycles. The highest BCUT2D eigenvalue weighted by molar-refractivity contribution is 7.89. The molecule has 1 N–H and O–H groups in total. The van der Waals surface area contributed by atoms with Crippen molar-refractivity contribution in [1.82, 2.24) is 29.5 Å². The van der Waals surface area contributed by atoms with Crippen LogP contribution in [0.3, 0.4) is 0 Å². The van der Waals surface area contributed by atoms with Crippen molar-refractivity contribution in [3.63, 3.8) is 0 Å². The fraction of sp³-hybridized carbons (Fsp3) is 0.609. The zero-order valence-corrected chi connectivity index (χ0v) is 22.0. The van der Waals surface area contributed by atoms with Gasteiger partial charge in [0.15, 0.2) is 0 Å². The number of benzene rings is 1. The maximum atomic E-state index is 13.6. The minimum Gasteiger partial charge on any atom is -0.348 e. The number of aromatic nitrogens is 3. The summed E-state index contributed by atoms with van der Waals surface area (Å²) in [5, 5.41) is 9.78. The maximum Gasteiger partial charge on any atom is 0.417 e. The third-order valence-electron chi connectivity index (χ3n) is 7.57. The maximum absolute atomic E-state index is 13.6. The highest BCUT2D eigenvalue weighted by Crippen LogP contribution is 2.40. The molecule has 1 atom stereocenters. The van der Waals surface area contributed by atoms with Gasteiger partial charge in [-0.2, -0.15) is 30.6 Å². The molecule has 0 bridgehead atoms. The van der Waals surface area contributed by atoms with Gasteiger partial charge in [0, 0.05) is 44.8 Å². The third-order valence-corrected chi connectivity index (χ3v) is 9.33. The van der Waals surface area contributed by atoms with Crippen molar-refractivity contribution < 1.29 is 39.6 Å². The number of carbonyl (C=O) groups is 1. The van der Waals surface area contributed by atoms with E-state index < -0.39 is 56.6 Å². The summed E-state index contributed by atoms with van der Waals surface area (Å²) in [6.45, 7) is 2.56. The topological polar surface area (TPSA) is 100 Å². The molecule has 4 rings (SSSR count). The largest absolute Gasteiger partial charge is 0.417 e. The fourth-order valence-electron chi connectivity index (χ4n) is 5.52. The molecular formula is C23H28F6N6O3S. The van der Waals surface area contributed by atoms with E-state index in [0.29, 0.717) is 38.1 Å². The van der Waals surface area contributed by atoms with Crippen molar-refractivity contribution in [3.05, 3.63) is 41.1 Å². The summed E-state index contributed by atoms with van der Waals surface area (Å²) < 4.78 is 108. The Labute approximate surface area is 221 Å². The first-order valence-electron chi connectivity index (χ1n) is 12.3. The van der Waals surface area contributed by atoms with Gasteiger partial charge in [-0.1, -0.05) is 18.1 Å². The Bertz CT molecular complexity index is 1310. The predicted octanol–water partition coefficient (Wildman–Crippen LogP) is 3.29. The number of nitrogens with zero attached hydrogens (tertiary/aromatic N) is 5. The Balaban J connectivity index is 1.52. The van der Waals surface area contributed by atoms with Crippen LogP contribution in [0.25, 0.3) is 0 Å². The SMILES string of the molecule is CC(NC(=O)c1ccc(C(F)(F)F)cc1C(F)(F)F)C1(N2CCN(S(=O)(=O)c3cn(C)nn3)CC2)CCCC1. The average Bonchev–Trinajstić information content (AvgIpc) is 3.53. The van der Waals surface area contributed by atoms with Crippen LogP contribution in [-0.4, -0.2) is 76.3 Å². The Hall–Kier alpha value is -2.72. The number of aryl methyl sites for hydroxylation is 1. The molecule has 1 unspecified atom stereocenters. The number of piperazine rings is 1. The van der Waals surface area contributed by atoms with Gasteiger partial charge in [-0.05, 0) is 38.0 Å². The normalized spacial score (nSPS) is 20.2. The van der Waals surface area contributed by atoms with E-state index in [1.807, 2.05) is 4.90 Å². The second-order valence-electron chi connectivity index (χ2n) is 9.88. The zero-order valence-electron chi connectivity index (χ0n) is 21.2. The molecule has 1 saturated heterocycles. The van der Waals surface area contributed by atoms with Crippen LogP contribution in [0.15, 0.2) is 29.4 Å². The number of hydrogen-bond donors (Lipinski definition) is 1. The first-order chi connectivity index (χ1) is 18.1. The van der Waals surface area contributed by atoms with E-state index in [4.69, 9.17) is 0 Å². The predicted molar refractivity (Wildman–Crippen MR) is 126 cm³/mol. The monoisotopic (exact) mass is 582 g/mol. The Kier molecular flexibility index (Phi) is 7.77. The van der Waals surface area contributed by atoms with Crippen molar-refractivity contribution >= 4 is 15.9 Å². The molecular weight excluding hydrogens is 554 g/mol. The molecule has 0 spiro atoms. The molecule has 16 heteroatoms. The van der Waals surface area contributed by atoms with Gasteiger partial charge < -0.3 is 5.32 Å². The van der Waals surface area contributed by atoms with Crippen LogP contribution in [0.2, 0.25) is 0 Å². The number of rotatable bonds is 6. The third kappa shape index (κ3) is 5.77. The lowest BCUT2D eigenvalue weighted by Gasteiger charge is -2.49. The van der Waals surface area contributed by atoms with E-state index in [1.54, 1.807) is 14.0 Å². The lowest BCUT2D eigenvalue weighted by atomic mass is 9.86. The van der Waals surface area contributed by atoms with Crippen LogP contribution in [0, 0.1) is 0 Å². The molecule has 9 nitrogen and oxygen atoms in total. The van der Waals surface area contributed by atoms with E-state index in [0.717, 1.165) is 12.8 Å². The minimum atomic E-state index is -5.17. The second kappa shape index (κ2) is 10.4. The highest BCUT2D eigenvalue weighted by atomic mass is 32.2. The molecule has 2 aromatic rings. The van der Waals surface area contributed by atoms with Gasteiger partial charge in [0.2, 0.25) is 5.03 Å². The number of sulfonamides is 1. The summed E-state index contributed by atoms with van der Waals surface area (Å²) >= 11 is 0. The summed E-state index contributed by atoms with van der Waals surface area (Å²) in [4.78, 5) is 15.0. The number of hydrogen-bond acceptors (Lipinski definition) is 6. The van der Waals surface area contributed by atoms with Gasteiger partial charge in [0.25, 0.3) is 15.9 Å². The number of carbonyl (C=O) groups excluding carboxylic acids is 1. The molecule has 1 aliphatic carbocycles. The standard InChI is InChI=1S/C23H28F6N6O3S/c1-15(30-20(36)17-6-5-16(22(24,25)26)13-18(17)23(27,28)29)21(7-3-4-8-21)34-9-11-35(12-10-34)39(37,38)19-14-33(2)32-31-19/h5-6,13-15H,3-4,7-12H2,1-2H3,(H,30,36). The smallest absolute Gasteiger partial charge is 0.348 e. The number of nitrogens with one attached hydrogen (secondary N) is 1. The van der Waals surface area contributed by atoms with Crippen molar-refractivity contribution in [2.24, 2.45) is 7.05 Å². The molecule has 2 aliphatic rings. The molecule has 1 saturated carbocycles. The number of halogens is 6. The van der Waals surface area contributed by atoms with Gasteiger partial charge in [-0.3, -0.25) is 14.4 Å². The Morgan fingerprint density at radius 3 is 2.15 bits per heavy atom. The molecule has 1 aromatic carbocycles. The summed E-state index contributed by atoms with van der Waals surface area (Å²) in [5.41, 5.74) is -4.70. The van der Waals surface area contributed by atoms with E-state index in [2.05, 4.69) is 15.6 Å². The van der Waals surface area contributed by atoms with Crippen LogP contribution in [0.1, 0.15) is 54.1 Å². The van der Waals surface area contributed by atoms with Crippen LogP contribution < -0.4 is 5.32 Å². The average molecular weight is 583 g/mol. The van der Waals surface area contributed by atoms with Crippen molar-refractivity contribution in [2.45, 2.75) is 61.6 Å². The lowest BCUT2D eigenvalue weighted by Crippen LogP contribution is -2.64. The van der Waals surface area contributed by atoms with Gasteiger partial charge in [-0.25, -0.2) is 8.42 Å². The van der Waals surface area contributed by atoms with Crippen LogP contribution in [0.4, 0.5) is 26.3 Å². The van der Waals surface area contributed by atoms with Crippen LogP contribution in [-0.2, 0) is 29.4 Å².